The number of carbonyl (C=O) groups is 1. The Hall–Kier alpha value is -4.09. The number of hydrogen-bond donors (Lipinski definition) is 2. The molecule has 0 saturated heterocycles. The van der Waals surface area contributed by atoms with Crippen molar-refractivity contribution in [3.63, 3.8) is 0 Å². The van der Waals surface area contributed by atoms with E-state index in [0.29, 0.717) is 11.1 Å². The van der Waals surface area contributed by atoms with Gasteiger partial charge in [0.15, 0.2) is 17.3 Å². The maximum absolute atomic E-state index is 13.8. The summed E-state index contributed by atoms with van der Waals surface area (Å²) in [6.07, 6.45) is -3.20. The molecule has 0 fully saturated rings. The molecule has 4 aliphatic rings. The molecule has 3 aliphatic heterocycles. The maximum atomic E-state index is 13.8. The van der Waals surface area contributed by atoms with Gasteiger partial charge in [-0.05, 0) is 11.1 Å². The SMILES string of the molecule is COc1c2c(c3c(c1OC)[C@@]1(OC)C4=C(C(=O)C[C@@]1(OC)O3)[C@H](O)C[C@H](c1ccccc1)O4)[C@H](O)C[C@@H](c1ccccc1)O2. The molecule has 0 radical (unpaired) electrons. The number of hydrogen-bond acceptors (Lipinski definition) is 10. The summed E-state index contributed by atoms with van der Waals surface area (Å²) >= 11 is 0. The number of carbonyl (C=O) groups excluding carboxylic acids is 1. The number of benzene rings is 3. The van der Waals surface area contributed by atoms with Crippen LogP contribution < -0.4 is 18.9 Å². The van der Waals surface area contributed by atoms with Gasteiger partial charge in [0.05, 0.1) is 49.5 Å². The molecule has 230 valence electrons. The fourth-order valence-corrected chi connectivity index (χ4v) is 7.26. The van der Waals surface area contributed by atoms with Crippen LogP contribution in [0, 0.1) is 0 Å². The van der Waals surface area contributed by atoms with E-state index < -0.39 is 41.6 Å². The average molecular weight is 603 g/mol. The molecule has 10 nitrogen and oxygen atoms in total. The van der Waals surface area contributed by atoms with Gasteiger partial charge < -0.3 is 43.4 Å². The normalized spacial score (nSPS) is 30.2. The molecule has 3 aromatic rings. The van der Waals surface area contributed by atoms with Crippen LogP contribution in [0.1, 0.15) is 59.8 Å². The number of aliphatic hydroxyl groups is 2. The maximum Gasteiger partial charge on any atom is 0.258 e. The first-order valence-electron chi connectivity index (χ1n) is 14.5. The molecule has 0 bridgehead atoms. The lowest BCUT2D eigenvalue weighted by atomic mass is 9.71. The Balaban J connectivity index is 1.49. The Morgan fingerprint density at radius 2 is 1.34 bits per heavy atom. The average Bonchev–Trinajstić information content (AvgIpc) is 3.35. The molecular formula is C34H34O10. The van der Waals surface area contributed by atoms with E-state index in [2.05, 4.69) is 0 Å². The molecule has 0 aromatic heterocycles. The molecule has 44 heavy (non-hydrogen) atoms. The van der Waals surface area contributed by atoms with Gasteiger partial charge in [0, 0.05) is 27.1 Å². The number of Topliss-reactive ketones (excluding diaryl/α,β-unsaturated/α-hetero) is 1. The number of aliphatic hydroxyl groups excluding tert-OH is 2. The van der Waals surface area contributed by atoms with Crippen molar-refractivity contribution >= 4 is 5.78 Å². The summed E-state index contributed by atoms with van der Waals surface area (Å²) in [4.78, 5) is 13.8. The monoisotopic (exact) mass is 602 g/mol. The third-order valence-electron chi connectivity index (χ3n) is 9.22. The first-order chi connectivity index (χ1) is 21.3. The molecule has 7 rings (SSSR count). The van der Waals surface area contributed by atoms with Gasteiger partial charge in [0.25, 0.3) is 5.79 Å². The largest absolute Gasteiger partial charge is 0.492 e. The van der Waals surface area contributed by atoms with Gasteiger partial charge in [-0.3, -0.25) is 4.79 Å². The van der Waals surface area contributed by atoms with Gasteiger partial charge in [0.1, 0.15) is 23.7 Å². The highest BCUT2D eigenvalue weighted by Gasteiger charge is 2.73. The van der Waals surface area contributed by atoms with Crippen molar-refractivity contribution in [3.05, 3.63) is 94.2 Å². The minimum atomic E-state index is -1.78. The molecule has 6 atom stereocenters. The van der Waals surface area contributed by atoms with Gasteiger partial charge in [-0.25, -0.2) is 0 Å². The fourth-order valence-electron chi connectivity index (χ4n) is 7.26. The molecule has 0 saturated carbocycles. The van der Waals surface area contributed by atoms with E-state index in [-0.39, 0.29) is 53.6 Å². The zero-order valence-electron chi connectivity index (χ0n) is 24.9. The summed E-state index contributed by atoms with van der Waals surface area (Å²) in [6.45, 7) is 0. The second kappa shape index (κ2) is 10.5. The molecule has 3 aromatic carbocycles. The Morgan fingerprint density at radius 1 is 0.750 bits per heavy atom. The summed E-state index contributed by atoms with van der Waals surface area (Å²) in [6, 6.07) is 19.0. The second-order valence-corrected chi connectivity index (χ2v) is 11.3. The zero-order valence-corrected chi connectivity index (χ0v) is 24.9. The van der Waals surface area contributed by atoms with Crippen LogP contribution in [-0.4, -0.2) is 56.3 Å². The predicted molar refractivity (Wildman–Crippen MR) is 156 cm³/mol. The minimum Gasteiger partial charge on any atom is -0.492 e. The molecule has 3 heterocycles. The summed E-state index contributed by atoms with van der Waals surface area (Å²) in [7, 11) is 5.83. The Labute approximate surface area is 254 Å². The van der Waals surface area contributed by atoms with E-state index in [4.69, 9.17) is 33.2 Å². The Bertz CT molecular complexity index is 1640. The van der Waals surface area contributed by atoms with E-state index in [0.717, 1.165) is 11.1 Å². The van der Waals surface area contributed by atoms with Crippen LogP contribution in [-0.2, 0) is 24.6 Å². The Kier molecular flexibility index (Phi) is 6.85. The van der Waals surface area contributed by atoms with Gasteiger partial charge >= 0.3 is 0 Å². The van der Waals surface area contributed by atoms with Crippen LogP contribution >= 0.6 is 0 Å². The van der Waals surface area contributed by atoms with Crippen molar-refractivity contribution in [1.29, 1.82) is 0 Å². The highest BCUT2D eigenvalue weighted by atomic mass is 16.7. The van der Waals surface area contributed by atoms with Crippen LogP contribution in [0.5, 0.6) is 23.0 Å². The molecule has 0 unspecified atom stereocenters. The third kappa shape index (κ3) is 3.78. The quantitative estimate of drug-likeness (QED) is 0.414. The third-order valence-corrected chi connectivity index (χ3v) is 9.22. The van der Waals surface area contributed by atoms with Crippen molar-refractivity contribution in [2.45, 2.75) is 55.1 Å². The van der Waals surface area contributed by atoms with E-state index in [1.54, 1.807) is 0 Å². The van der Waals surface area contributed by atoms with E-state index in [1.165, 1.54) is 28.4 Å². The number of methoxy groups -OCH3 is 4. The number of fused-ring (bicyclic) bond motifs is 6. The lowest BCUT2D eigenvalue weighted by molar-refractivity contribution is -0.274. The minimum absolute atomic E-state index is 0.0677. The summed E-state index contributed by atoms with van der Waals surface area (Å²) in [5.41, 5.74) is 0.669. The van der Waals surface area contributed by atoms with Crippen LogP contribution in [0.4, 0.5) is 0 Å². The topological polar surface area (TPSA) is 122 Å². The van der Waals surface area contributed by atoms with Gasteiger partial charge in [-0.1, -0.05) is 60.7 Å². The first-order valence-corrected chi connectivity index (χ1v) is 14.5. The van der Waals surface area contributed by atoms with E-state index >= 15 is 0 Å². The van der Waals surface area contributed by atoms with Crippen LogP contribution in [0.2, 0.25) is 0 Å². The zero-order chi connectivity index (χ0) is 30.8. The molecule has 0 amide bonds. The van der Waals surface area contributed by atoms with Crippen LogP contribution in [0.25, 0.3) is 0 Å². The van der Waals surface area contributed by atoms with Gasteiger partial charge in [-0.15, -0.1) is 0 Å². The molecule has 1 aliphatic carbocycles. The number of rotatable bonds is 6. The number of ether oxygens (including phenoxy) is 7. The molecule has 10 heteroatoms. The highest BCUT2D eigenvalue weighted by molar-refractivity contribution is 6.00. The van der Waals surface area contributed by atoms with Crippen molar-refractivity contribution in [2.75, 3.05) is 28.4 Å². The van der Waals surface area contributed by atoms with Gasteiger partial charge in [0.2, 0.25) is 11.4 Å². The molecular weight excluding hydrogens is 568 g/mol. The van der Waals surface area contributed by atoms with Crippen LogP contribution in [0.3, 0.4) is 0 Å². The predicted octanol–water partition coefficient (Wildman–Crippen LogP) is 4.59. The summed E-state index contributed by atoms with van der Waals surface area (Å²) < 4.78 is 44.2. The smallest absolute Gasteiger partial charge is 0.258 e. The van der Waals surface area contributed by atoms with Crippen LogP contribution in [0.15, 0.2) is 72.0 Å². The Morgan fingerprint density at radius 3 is 1.91 bits per heavy atom. The number of ketones is 1. The van der Waals surface area contributed by atoms with Gasteiger partial charge in [-0.2, -0.15) is 0 Å². The first kappa shape index (κ1) is 28.7. The fraction of sp³-hybridized carbons (Fsp3) is 0.382. The van der Waals surface area contributed by atoms with Crippen molar-refractivity contribution in [2.24, 2.45) is 0 Å². The molecule has 0 spiro atoms. The summed E-state index contributed by atoms with van der Waals surface area (Å²) in [5.74, 6) is -1.27. The highest BCUT2D eigenvalue weighted by Crippen LogP contribution is 2.69. The lowest BCUT2D eigenvalue weighted by Crippen LogP contribution is -2.61. The summed E-state index contributed by atoms with van der Waals surface area (Å²) in [5, 5.41) is 23.1. The second-order valence-electron chi connectivity index (χ2n) is 11.3. The molecule has 2 N–H and O–H groups in total. The van der Waals surface area contributed by atoms with Crippen molar-refractivity contribution in [3.8, 4) is 23.0 Å². The van der Waals surface area contributed by atoms with E-state index in [1.807, 2.05) is 60.7 Å². The van der Waals surface area contributed by atoms with Crippen molar-refractivity contribution in [1.82, 2.24) is 0 Å². The lowest BCUT2D eigenvalue weighted by Gasteiger charge is -2.49. The standard InChI is InChI=1S/C34H34O10/c1-38-30-27-28(26-21(36)16-23(18-11-7-5-8-12-18)42-29(26)31(30)39-2)44-33(40-3)17-22(37)25-20(35)15-24(19-13-9-6-10-14-19)43-32(25)34(27,33)41-4/h5-14,20-21,23-24,35-36H,15-17H2,1-4H3/t20-,21-,23+,24-,33-,34-/m1/s1. The van der Waals surface area contributed by atoms with E-state index in [9.17, 15) is 15.0 Å². The van der Waals surface area contributed by atoms with Crippen molar-refractivity contribution < 1.29 is 48.2 Å².